The van der Waals surface area contributed by atoms with E-state index in [1.54, 1.807) is 30.3 Å². The molecule has 0 spiro atoms. The fourth-order valence-corrected chi connectivity index (χ4v) is 3.64. The second-order valence-electron chi connectivity index (χ2n) is 6.79. The molecule has 3 rings (SSSR count). The number of thioether (sulfide) groups is 1. The molecule has 0 unspecified atom stereocenters. The van der Waals surface area contributed by atoms with Gasteiger partial charge in [-0.05, 0) is 48.0 Å². The summed E-state index contributed by atoms with van der Waals surface area (Å²) in [6.45, 7) is 0. The Morgan fingerprint density at radius 2 is 1.70 bits per heavy atom. The van der Waals surface area contributed by atoms with Gasteiger partial charge in [-0.25, -0.2) is 0 Å². The van der Waals surface area contributed by atoms with E-state index in [1.807, 2.05) is 30.3 Å². The van der Waals surface area contributed by atoms with Gasteiger partial charge in [0.1, 0.15) is 0 Å². The first kappa shape index (κ1) is 24.4. The third-order valence-corrected chi connectivity index (χ3v) is 5.59. The molecule has 2 N–H and O–H groups in total. The van der Waals surface area contributed by atoms with Crippen LogP contribution in [0.25, 0.3) is 6.08 Å². The van der Waals surface area contributed by atoms with Crippen molar-refractivity contribution in [2.24, 2.45) is 0 Å². The molecule has 0 aromatic heterocycles. The minimum atomic E-state index is -4.54. The lowest BCUT2D eigenvalue weighted by Crippen LogP contribution is -2.15. The van der Waals surface area contributed by atoms with Crippen LogP contribution >= 0.6 is 23.4 Å². The average molecular weight is 491 g/mol. The Morgan fingerprint density at radius 3 is 2.42 bits per heavy atom. The summed E-state index contributed by atoms with van der Waals surface area (Å²) in [5, 5.41) is 5.15. The minimum Gasteiger partial charge on any atom is -0.324 e. The molecule has 0 saturated heterocycles. The smallest absolute Gasteiger partial charge is 0.324 e. The van der Waals surface area contributed by atoms with Crippen LogP contribution in [0, 0.1) is 0 Å². The SMILES string of the molecule is O=C(/C=C/c1ccccc1)Nc1cccc(SCC(=O)Nc2cc(C(F)(F)F)ccc2Cl)c1. The summed E-state index contributed by atoms with van der Waals surface area (Å²) in [5.41, 5.74) is 0.427. The Labute approximate surface area is 197 Å². The van der Waals surface area contributed by atoms with Gasteiger partial charge in [0.05, 0.1) is 22.0 Å². The van der Waals surface area contributed by atoms with Gasteiger partial charge >= 0.3 is 6.18 Å². The van der Waals surface area contributed by atoms with Crippen LogP contribution in [0.15, 0.2) is 83.8 Å². The standard InChI is InChI=1S/C24H18ClF3N2O2S/c25-20-11-10-17(24(26,27)28)13-21(20)30-23(32)15-33-19-8-4-7-18(14-19)29-22(31)12-9-16-5-2-1-3-6-16/h1-14H,15H2,(H,29,31)(H,30,32)/b12-9+. The minimum absolute atomic E-state index is 0.00890. The summed E-state index contributed by atoms with van der Waals surface area (Å²) in [4.78, 5) is 25.1. The highest BCUT2D eigenvalue weighted by Crippen LogP contribution is 2.34. The van der Waals surface area contributed by atoms with Crippen LogP contribution in [-0.4, -0.2) is 17.6 Å². The first-order valence-corrected chi connectivity index (χ1v) is 11.0. The Kier molecular flexibility index (Phi) is 8.19. The number of nitrogens with one attached hydrogen (secondary N) is 2. The summed E-state index contributed by atoms with van der Waals surface area (Å²) >= 11 is 7.08. The van der Waals surface area contributed by atoms with Crippen molar-refractivity contribution >= 4 is 52.6 Å². The fraction of sp³-hybridized carbons (Fsp3) is 0.0833. The van der Waals surface area contributed by atoms with Crippen molar-refractivity contribution in [1.29, 1.82) is 0 Å². The van der Waals surface area contributed by atoms with Crippen LogP contribution in [-0.2, 0) is 15.8 Å². The molecule has 0 aliphatic heterocycles. The summed E-state index contributed by atoms with van der Waals surface area (Å²) in [6.07, 6.45) is -1.43. The molecule has 33 heavy (non-hydrogen) atoms. The maximum Gasteiger partial charge on any atom is 0.416 e. The third-order valence-electron chi connectivity index (χ3n) is 4.27. The van der Waals surface area contributed by atoms with Crippen molar-refractivity contribution in [2.45, 2.75) is 11.1 Å². The van der Waals surface area contributed by atoms with Crippen molar-refractivity contribution in [1.82, 2.24) is 0 Å². The molecule has 9 heteroatoms. The number of carbonyl (C=O) groups is 2. The van der Waals surface area contributed by atoms with E-state index in [2.05, 4.69) is 10.6 Å². The summed E-state index contributed by atoms with van der Waals surface area (Å²) < 4.78 is 38.6. The Morgan fingerprint density at radius 1 is 0.939 bits per heavy atom. The van der Waals surface area contributed by atoms with Gasteiger partial charge in [-0.2, -0.15) is 13.2 Å². The zero-order valence-corrected chi connectivity index (χ0v) is 18.6. The summed E-state index contributed by atoms with van der Waals surface area (Å²) in [5.74, 6) is -0.878. The third kappa shape index (κ3) is 7.69. The van der Waals surface area contributed by atoms with E-state index < -0.39 is 17.6 Å². The van der Waals surface area contributed by atoms with Crippen LogP contribution in [0.4, 0.5) is 24.5 Å². The lowest BCUT2D eigenvalue weighted by Gasteiger charge is -2.11. The van der Waals surface area contributed by atoms with Crippen molar-refractivity contribution in [2.75, 3.05) is 16.4 Å². The van der Waals surface area contributed by atoms with E-state index in [0.29, 0.717) is 10.6 Å². The number of amides is 2. The highest BCUT2D eigenvalue weighted by atomic mass is 35.5. The number of anilines is 2. The van der Waals surface area contributed by atoms with Crippen LogP contribution < -0.4 is 10.6 Å². The number of rotatable bonds is 7. The van der Waals surface area contributed by atoms with Gasteiger partial charge < -0.3 is 10.6 Å². The van der Waals surface area contributed by atoms with E-state index in [9.17, 15) is 22.8 Å². The molecule has 3 aromatic carbocycles. The van der Waals surface area contributed by atoms with Crippen LogP contribution in [0.1, 0.15) is 11.1 Å². The Balaban J connectivity index is 1.56. The number of alkyl halides is 3. The maximum absolute atomic E-state index is 12.9. The second kappa shape index (κ2) is 11.1. The lowest BCUT2D eigenvalue weighted by atomic mass is 10.2. The fourth-order valence-electron chi connectivity index (χ4n) is 2.72. The molecule has 0 aliphatic carbocycles. The van der Waals surface area contributed by atoms with Crippen LogP contribution in [0.5, 0.6) is 0 Å². The van der Waals surface area contributed by atoms with Crippen LogP contribution in [0.2, 0.25) is 5.02 Å². The molecule has 0 fully saturated rings. The van der Waals surface area contributed by atoms with E-state index in [-0.39, 0.29) is 22.4 Å². The van der Waals surface area contributed by atoms with E-state index in [1.165, 1.54) is 17.8 Å². The quantitative estimate of drug-likeness (QED) is 0.285. The molecule has 2 amide bonds. The molecule has 0 bridgehead atoms. The molecule has 0 radical (unpaired) electrons. The lowest BCUT2D eigenvalue weighted by molar-refractivity contribution is -0.137. The van der Waals surface area contributed by atoms with Crippen molar-refractivity contribution in [3.63, 3.8) is 0 Å². The molecule has 0 heterocycles. The van der Waals surface area contributed by atoms with Crippen molar-refractivity contribution in [3.8, 4) is 0 Å². The van der Waals surface area contributed by atoms with E-state index >= 15 is 0 Å². The van der Waals surface area contributed by atoms with E-state index in [4.69, 9.17) is 11.6 Å². The predicted octanol–water partition coefficient (Wildman–Crippen LogP) is 6.74. The molecule has 0 saturated carbocycles. The Bertz CT molecular complexity index is 1170. The zero-order valence-electron chi connectivity index (χ0n) is 17.0. The van der Waals surface area contributed by atoms with Gasteiger partial charge in [-0.3, -0.25) is 9.59 Å². The van der Waals surface area contributed by atoms with Gasteiger partial charge in [-0.15, -0.1) is 11.8 Å². The van der Waals surface area contributed by atoms with Gasteiger partial charge in [-0.1, -0.05) is 48.0 Å². The highest BCUT2D eigenvalue weighted by molar-refractivity contribution is 8.00. The second-order valence-corrected chi connectivity index (χ2v) is 8.25. The topological polar surface area (TPSA) is 58.2 Å². The number of hydrogen-bond donors (Lipinski definition) is 2. The maximum atomic E-state index is 12.9. The normalized spacial score (nSPS) is 11.4. The molecule has 4 nitrogen and oxygen atoms in total. The number of carbonyl (C=O) groups excluding carboxylic acids is 2. The average Bonchev–Trinajstić information content (AvgIpc) is 2.78. The van der Waals surface area contributed by atoms with Gasteiger partial charge in [0.25, 0.3) is 0 Å². The molecule has 3 aromatic rings. The number of benzene rings is 3. The predicted molar refractivity (Wildman–Crippen MR) is 126 cm³/mol. The zero-order chi connectivity index (χ0) is 23.8. The Hall–Kier alpha value is -3.23. The molecular weight excluding hydrogens is 473 g/mol. The van der Waals surface area contributed by atoms with Gasteiger partial charge in [0, 0.05) is 16.7 Å². The largest absolute Gasteiger partial charge is 0.416 e. The van der Waals surface area contributed by atoms with E-state index in [0.717, 1.165) is 23.8 Å². The first-order chi connectivity index (χ1) is 15.7. The number of halogens is 4. The molecular formula is C24H18ClF3N2O2S. The number of hydrogen-bond acceptors (Lipinski definition) is 3. The summed E-state index contributed by atoms with van der Waals surface area (Å²) in [6, 6.07) is 19.0. The molecule has 0 aliphatic rings. The molecule has 170 valence electrons. The molecule has 0 atom stereocenters. The highest BCUT2D eigenvalue weighted by Gasteiger charge is 2.31. The summed E-state index contributed by atoms with van der Waals surface area (Å²) in [7, 11) is 0. The monoisotopic (exact) mass is 490 g/mol. The van der Waals surface area contributed by atoms with Gasteiger partial charge in [0.2, 0.25) is 11.8 Å². The van der Waals surface area contributed by atoms with Gasteiger partial charge in [0.15, 0.2) is 0 Å². The first-order valence-electron chi connectivity index (χ1n) is 9.64. The van der Waals surface area contributed by atoms with Crippen molar-refractivity contribution in [3.05, 3.63) is 95.0 Å². The van der Waals surface area contributed by atoms with Crippen molar-refractivity contribution < 1.29 is 22.8 Å². The van der Waals surface area contributed by atoms with Crippen LogP contribution in [0.3, 0.4) is 0 Å².